The number of nitrogens with two attached hydrogens (primary N) is 1. The van der Waals surface area contributed by atoms with Gasteiger partial charge in [0, 0.05) is 6.61 Å². The van der Waals surface area contributed by atoms with Crippen LogP contribution in [0.4, 0.5) is 0 Å². The van der Waals surface area contributed by atoms with Crippen molar-refractivity contribution in [3.8, 4) is 5.75 Å². The van der Waals surface area contributed by atoms with Crippen molar-refractivity contribution >= 4 is 0 Å². The number of ether oxygens (including phenoxy) is 2. The van der Waals surface area contributed by atoms with E-state index in [1.165, 1.54) is 5.56 Å². The third-order valence-electron chi connectivity index (χ3n) is 3.76. The maximum absolute atomic E-state index is 5.85. The molecule has 1 aromatic rings. The topological polar surface area (TPSA) is 56.5 Å². The van der Waals surface area contributed by atoms with Gasteiger partial charge in [-0.1, -0.05) is 12.1 Å². The molecule has 0 saturated carbocycles. The summed E-state index contributed by atoms with van der Waals surface area (Å²) in [5, 5.41) is 0. The minimum Gasteiger partial charge on any atom is -0.497 e. The Bertz CT molecular complexity index is 389. The summed E-state index contributed by atoms with van der Waals surface area (Å²) in [7, 11) is 1.68. The van der Waals surface area contributed by atoms with Crippen molar-refractivity contribution in [1.29, 1.82) is 0 Å². The highest BCUT2D eigenvalue weighted by atomic mass is 16.5. The van der Waals surface area contributed by atoms with Crippen LogP contribution in [0.5, 0.6) is 5.75 Å². The van der Waals surface area contributed by atoms with Crippen LogP contribution in [0.3, 0.4) is 0 Å². The Hall–Kier alpha value is -1.10. The molecule has 0 aromatic heterocycles. The summed E-state index contributed by atoms with van der Waals surface area (Å²) in [5.74, 6) is 6.57. The molecule has 0 bridgehead atoms. The van der Waals surface area contributed by atoms with E-state index in [4.69, 9.17) is 15.3 Å². The van der Waals surface area contributed by atoms with Gasteiger partial charge in [0.15, 0.2) is 0 Å². The van der Waals surface area contributed by atoms with Crippen LogP contribution >= 0.6 is 0 Å². The first-order valence-corrected chi connectivity index (χ1v) is 6.41. The molecule has 1 saturated heterocycles. The van der Waals surface area contributed by atoms with E-state index in [9.17, 15) is 0 Å². The molecule has 4 nitrogen and oxygen atoms in total. The molecule has 4 heteroatoms. The van der Waals surface area contributed by atoms with E-state index < -0.39 is 0 Å². The molecule has 0 aliphatic carbocycles. The zero-order valence-corrected chi connectivity index (χ0v) is 11.1. The molecule has 2 unspecified atom stereocenters. The third kappa shape index (κ3) is 2.83. The Labute approximate surface area is 108 Å². The van der Waals surface area contributed by atoms with Gasteiger partial charge in [0.1, 0.15) is 5.75 Å². The molecule has 0 spiro atoms. The smallest absolute Gasteiger partial charge is 0.119 e. The summed E-state index contributed by atoms with van der Waals surface area (Å²) in [6.45, 7) is 2.96. The van der Waals surface area contributed by atoms with Crippen LogP contribution in [0.25, 0.3) is 0 Å². The first-order chi connectivity index (χ1) is 8.68. The average Bonchev–Trinajstić information content (AvgIpc) is 2.84. The molecule has 1 aliphatic heterocycles. The van der Waals surface area contributed by atoms with E-state index in [1.54, 1.807) is 7.11 Å². The molecule has 1 fully saturated rings. The number of hydrogen-bond acceptors (Lipinski definition) is 4. The Morgan fingerprint density at radius 3 is 3.00 bits per heavy atom. The Kier molecular flexibility index (Phi) is 4.22. The molecule has 0 radical (unpaired) electrons. The van der Waals surface area contributed by atoms with Crippen LogP contribution in [0.1, 0.15) is 25.3 Å². The Balaban J connectivity index is 2.09. The number of rotatable bonds is 5. The first-order valence-electron chi connectivity index (χ1n) is 6.41. The van der Waals surface area contributed by atoms with Crippen molar-refractivity contribution in [3.05, 3.63) is 29.8 Å². The summed E-state index contributed by atoms with van der Waals surface area (Å²) in [5.41, 5.74) is 3.94. The van der Waals surface area contributed by atoms with E-state index in [1.807, 2.05) is 18.2 Å². The molecule has 18 heavy (non-hydrogen) atoms. The second-order valence-corrected chi connectivity index (χ2v) is 5.04. The first kappa shape index (κ1) is 13.3. The second kappa shape index (κ2) is 5.69. The quantitative estimate of drug-likeness (QED) is 0.616. The number of hydrogen-bond donors (Lipinski definition) is 2. The van der Waals surface area contributed by atoms with Gasteiger partial charge in [-0.3, -0.25) is 11.3 Å². The summed E-state index contributed by atoms with van der Waals surface area (Å²) >= 11 is 0. The van der Waals surface area contributed by atoms with Crippen molar-refractivity contribution in [2.75, 3.05) is 13.7 Å². The zero-order chi connectivity index (χ0) is 13.0. The number of benzene rings is 1. The SMILES string of the molecule is COc1cccc(CC(NN)C2(C)CCCO2)c1. The minimum absolute atomic E-state index is 0.118. The monoisotopic (exact) mass is 250 g/mol. The zero-order valence-electron chi connectivity index (χ0n) is 11.1. The lowest BCUT2D eigenvalue weighted by atomic mass is 9.89. The minimum atomic E-state index is -0.169. The second-order valence-electron chi connectivity index (χ2n) is 5.04. The summed E-state index contributed by atoms with van der Waals surface area (Å²) in [6.07, 6.45) is 2.99. The van der Waals surface area contributed by atoms with Crippen molar-refractivity contribution < 1.29 is 9.47 Å². The lowest BCUT2D eigenvalue weighted by Crippen LogP contribution is -2.52. The number of nitrogens with one attached hydrogen (secondary N) is 1. The van der Waals surface area contributed by atoms with E-state index in [-0.39, 0.29) is 11.6 Å². The lowest BCUT2D eigenvalue weighted by Gasteiger charge is -2.33. The molecule has 1 heterocycles. The predicted octanol–water partition coefficient (Wildman–Crippen LogP) is 1.64. The molecule has 2 atom stereocenters. The third-order valence-corrected chi connectivity index (χ3v) is 3.76. The largest absolute Gasteiger partial charge is 0.497 e. The maximum Gasteiger partial charge on any atom is 0.119 e. The van der Waals surface area contributed by atoms with E-state index in [0.29, 0.717) is 0 Å². The van der Waals surface area contributed by atoms with Crippen LogP contribution in [0, 0.1) is 0 Å². The van der Waals surface area contributed by atoms with Crippen LogP contribution < -0.4 is 16.0 Å². The van der Waals surface area contributed by atoms with E-state index in [0.717, 1.165) is 31.6 Å². The van der Waals surface area contributed by atoms with Crippen molar-refractivity contribution in [1.82, 2.24) is 5.43 Å². The summed E-state index contributed by atoms with van der Waals surface area (Å²) in [4.78, 5) is 0. The summed E-state index contributed by atoms with van der Waals surface area (Å²) < 4.78 is 11.1. The number of methoxy groups -OCH3 is 1. The highest BCUT2D eigenvalue weighted by Gasteiger charge is 2.37. The van der Waals surface area contributed by atoms with Crippen molar-refractivity contribution in [3.63, 3.8) is 0 Å². The summed E-state index contributed by atoms with van der Waals surface area (Å²) in [6, 6.07) is 8.20. The van der Waals surface area contributed by atoms with Crippen LogP contribution in [0.2, 0.25) is 0 Å². The molecular formula is C14H22N2O2. The van der Waals surface area contributed by atoms with Crippen LogP contribution in [-0.4, -0.2) is 25.4 Å². The van der Waals surface area contributed by atoms with Gasteiger partial charge in [0.05, 0.1) is 18.8 Å². The fourth-order valence-electron chi connectivity index (χ4n) is 2.56. The average molecular weight is 250 g/mol. The van der Waals surface area contributed by atoms with Gasteiger partial charge in [-0.25, -0.2) is 0 Å². The fraction of sp³-hybridized carbons (Fsp3) is 0.571. The highest BCUT2D eigenvalue weighted by molar-refractivity contribution is 5.29. The number of hydrazine groups is 1. The van der Waals surface area contributed by atoms with Gasteiger partial charge in [-0.05, 0) is 43.9 Å². The predicted molar refractivity (Wildman–Crippen MR) is 71.4 cm³/mol. The molecule has 1 aromatic carbocycles. The lowest BCUT2D eigenvalue weighted by molar-refractivity contribution is -0.0115. The molecule has 0 amide bonds. The van der Waals surface area contributed by atoms with Crippen LogP contribution in [-0.2, 0) is 11.2 Å². The normalized spacial score (nSPS) is 25.1. The highest BCUT2D eigenvalue weighted by Crippen LogP contribution is 2.30. The molecular weight excluding hydrogens is 228 g/mol. The fourth-order valence-corrected chi connectivity index (χ4v) is 2.56. The maximum atomic E-state index is 5.85. The molecule has 2 rings (SSSR count). The van der Waals surface area contributed by atoms with Gasteiger partial charge in [0.25, 0.3) is 0 Å². The van der Waals surface area contributed by atoms with E-state index in [2.05, 4.69) is 18.4 Å². The molecule has 3 N–H and O–H groups in total. The standard InChI is InChI=1S/C14H22N2O2/c1-14(7-4-8-18-14)13(16-15)10-11-5-3-6-12(9-11)17-2/h3,5-6,9,13,16H,4,7-8,10,15H2,1-2H3. The van der Waals surface area contributed by atoms with Gasteiger partial charge in [-0.15, -0.1) is 0 Å². The van der Waals surface area contributed by atoms with E-state index >= 15 is 0 Å². The van der Waals surface area contributed by atoms with Crippen LogP contribution in [0.15, 0.2) is 24.3 Å². The van der Waals surface area contributed by atoms with Crippen molar-refractivity contribution in [2.24, 2.45) is 5.84 Å². The Morgan fingerprint density at radius 1 is 1.56 bits per heavy atom. The van der Waals surface area contributed by atoms with Gasteiger partial charge in [-0.2, -0.15) is 0 Å². The van der Waals surface area contributed by atoms with Crippen molar-refractivity contribution in [2.45, 2.75) is 37.8 Å². The Morgan fingerprint density at radius 2 is 2.39 bits per heavy atom. The van der Waals surface area contributed by atoms with Gasteiger partial charge in [0.2, 0.25) is 0 Å². The molecule has 1 aliphatic rings. The molecule has 100 valence electrons. The van der Waals surface area contributed by atoms with Gasteiger partial charge >= 0.3 is 0 Å². The van der Waals surface area contributed by atoms with Gasteiger partial charge < -0.3 is 9.47 Å².